The number of ether oxygens (including phenoxy) is 3. The summed E-state index contributed by atoms with van der Waals surface area (Å²) in [5.41, 5.74) is 0.379. The van der Waals surface area contributed by atoms with Crippen molar-refractivity contribution in [2.75, 3.05) is 6.61 Å². The van der Waals surface area contributed by atoms with Gasteiger partial charge in [0.15, 0.2) is 6.29 Å². The van der Waals surface area contributed by atoms with Gasteiger partial charge in [-0.15, -0.1) is 0 Å². The van der Waals surface area contributed by atoms with Gasteiger partial charge in [-0.05, 0) is 26.2 Å². The van der Waals surface area contributed by atoms with E-state index in [4.69, 9.17) is 14.2 Å². The van der Waals surface area contributed by atoms with Crippen LogP contribution in [0.25, 0.3) is 0 Å². The lowest BCUT2D eigenvalue weighted by Crippen LogP contribution is -2.34. The Balaban J connectivity index is 2.47. The topological polar surface area (TPSA) is 44.8 Å². The molecule has 0 aliphatic carbocycles. The molecule has 0 saturated carbocycles. The van der Waals surface area contributed by atoms with Crippen LogP contribution >= 0.6 is 0 Å². The third-order valence-electron chi connectivity index (χ3n) is 2.54. The minimum atomic E-state index is -0.567. The zero-order valence-electron chi connectivity index (χ0n) is 10.9. The Labute approximate surface area is 103 Å². The summed E-state index contributed by atoms with van der Waals surface area (Å²) in [6, 6.07) is 0. The molecule has 1 rings (SSSR count). The van der Waals surface area contributed by atoms with Crippen LogP contribution in [-0.2, 0) is 19.0 Å². The van der Waals surface area contributed by atoms with Crippen molar-refractivity contribution in [2.45, 2.75) is 52.6 Å². The van der Waals surface area contributed by atoms with Crippen LogP contribution in [-0.4, -0.2) is 25.2 Å². The van der Waals surface area contributed by atoms with E-state index in [1.807, 2.05) is 13.8 Å². The predicted octanol–water partition coefficient (Wildman–Crippen LogP) is 2.63. The van der Waals surface area contributed by atoms with Gasteiger partial charge in [-0.1, -0.05) is 20.4 Å². The van der Waals surface area contributed by atoms with Crippen molar-refractivity contribution in [1.29, 1.82) is 0 Å². The van der Waals surface area contributed by atoms with Crippen LogP contribution in [0.1, 0.15) is 40.0 Å². The molecule has 0 radical (unpaired) electrons. The normalized spacial score (nSPS) is 22.2. The Morgan fingerprint density at radius 1 is 1.41 bits per heavy atom. The first-order valence-corrected chi connectivity index (χ1v) is 6.14. The summed E-state index contributed by atoms with van der Waals surface area (Å²) in [6.07, 6.45) is 2.19. The summed E-state index contributed by atoms with van der Waals surface area (Å²) < 4.78 is 16.4. The molecule has 98 valence electrons. The van der Waals surface area contributed by atoms with E-state index in [1.165, 1.54) is 0 Å². The van der Waals surface area contributed by atoms with Gasteiger partial charge >= 0.3 is 5.97 Å². The third-order valence-corrected chi connectivity index (χ3v) is 2.54. The molecule has 1 aliphatic rings. The van der Waals surface area contributed by atoms with Crippen LogP contribution in [0.15, 0.2) is 12.2 Å². The van der Waals surface area contributed by atoms with Gasteiger partial charge in [-0.3, -0.25) is 0 Å². The van der Waals surface area contributed by atoms with Crippen molar-refractivity contribution >= 4 is 5.97 Å². The fourth-order valence-electron chi connectivity index (χ4n) is 1.50. The van der Waals surface area contributed by atoms with Gasteiger partial charge < -0.3 is 14.2 Å². The number of carbonyl (C=O) groups excluding carboxylic acids is 1. The minimum Gasteiger partial charge on any atom is -0.432 e. The van der Waals surface area contributed by atoms with Gasteiger partial charge in [0.05, 0.1) is 0 Å². The molecule has 2 atom stereocenters. The molecule has 4 nitrogen and oxygen atoms in total. The Bertz CT molecular complexity index is 267. The monoisotopic (exact) mass is 242 g/mol. The van der Waals surface area contributed by atoms with E-state index in [2.05, 4.69) is 6.58 Å². The molecule has 0 aromatic rings. The van der Waals surface area contributed by atoms with E-state index in [1.54, 1.807) is 6.92 Å². The number of hydrogen-bond donors (Lipinski definition) is 0. The molecule has 0 amide bonds. The van der Waals surface area contributed by atoms with Crippen LogP contribution in [0.2, 0.25) is 0 Å². The first-order chi connectivity index (χ1) is 8.00. The van der Waals surface area contributed by atoms with Crippen molar-refractivity contribution in [3.8, 4) is 0 Å². The average molecular weight is 242 g/mol. The smallest absolute Gasteiger partial charge is 0.335 e. The van der Waals surface area contributed by atoms with Crippen molar-refractivity contribution < 1.29 is 19.0 Å². The molecule has 1 saturated heterocycles. The summed E-state index contributed by atoms with van der Waals surface area (Å²) in [4.78, 5) is 11.5. The maximum Gasteiger partial charge on any atom is 0.335 e. The highest BCUT2D eigenvalue weighted by Crippen LogP contribution is 2.19. The summed E-state index contributed by atoms with van der Waals surface area (Å²) in [5, 5.41) is 0. The molecule has 0 bridgehead atoms. The van der Waals surface area contributed by atoms with Gasteiger partial charge in [-0.2, -0.15) is 0 Å². The maximum atomic E-state index is 11.5. The van der Waals surface area contributed by atoms with E-state index in [0.29, 0.717) is 12.2 Å². The van der Waals surface area contributed by atoms with Crippen LogP contribution < -0.4 is 0 Å². The van der Waals surface area contributed by atoms with Gasteiger partial charge in [0.1, 0.15) is 0 Å². The second kappa shape index (κ2) is 6.77. The molecule has 0 aromatic carbocycles. The fourth-order valence-corrected chi connectivity index (χ4v) is 1.50. The molecule has 0 spiro atoms. The van der Waals surface area contributed by atoms with Crippen molar-refractivity contribution in [3.05, 3.63) is 12.2 Å². The molecule has 1 fully saturated rings. The highest BCUT2D eigenvalue weighted by Gasteiger charge is 2.25. The molecule has 1 heterocycles. The largest absolute Gasteiger partial charge is 0.432 e. The number of esters is 1. The molecule has 17 heavy (non-hydrogen) atoms. The Hall–Kier alpha value is -0.870. The van der Waals surface area contributed by atoms with Crippen molar-refractivity contribution in [1.82, 2.24) is 0 Å². The minimum absolute atomic E-state index is 0.0869. The van der Waals surface area contributed by atoms with E-state index < -0.39 is 12.3 Å². The van der Waals surface area contributed by atoms with Crippen LogP contribution in [0.5, 0.6) is 0 Å². The quantitative estimate of drug-likeness (QED) is 0.422. The molecule has 2 unspecified atom stereocenters. The molecule has 0 N–H and O–H groups in total. The maximum absolute atomic E-state index is 11.5. The van der Waals surface area contributed by atoms with Gasteiger partial charge in [0.25, 0.3) is 0 Å². The van der Waals surface area contributed by atoms with E-state index in [-0.39, 0.29) is 12.2 Å². The highest BCUT2D eigenvalue weighted by molar-refractivity contribution is 5.87. The summed E-state index contributed by atoms with van der Waals surface area (Å²) >= 11 is 0. The third kappa shape index (κ3) is 4.88. The lowest BCUT2D eigenvalue weighted by molar-refractivity contribution is -0.259. The summed E-state index contributed by atoms with van der Waals surface area (Å²) in [7, 11) is 0. The van der Waals surface area contributed by atoms with E-state index in [9.17, 15) is 4.79 Å². The molecule has 4 heteroatoms. The average Bonchev–Trinajstić information content (AvgIpc) is 2.29. The SMILES string of the molecule is C=C(C)C(=O)OC(OC1CCCCO1)C(C)C. The zero-order valence-corrected chi connectivity index (χ0v) is 10.9. The van der Waals surface area contributed by atoms with Crippen molar-refractivity contribution in [2.24, 2.45) is 5.92 Å². The first kappa shape index (κ1) is 14.2. The molecule has 0 aromatic heterocycles. The van der Waals surface area contributed by atoms with Crippen LogP contribution in [0.4, 0.5) is 0 Å². The second-order valence-electron chi connectivity index (χ2n) is 4.73. The Morgan fingerprint density at radius 3 is 2.59 bits per heavy atom. The number of carbonyl (C=O) groups is 1. The highest BCUT2D eigenvalue weighted by atomic mass is 16.8. The van der Waals surface area contributed by atoms with E-state index in [0.717, 1.165) is 19.3 Å². The molecular weight excluding hydrogens is 220 g/mol. The zero-order chi connectivity index (χ0) is 12.8. The lowest BCUT2D eigenvalue weighted by Gasteiger charge is -2.29. The molecule has 1 aliphatic heterocycles. The number of hydrogen-bond acceptors (Lipinski definition) is 4. The van der Waals surface area contributed by atoms with Gasteiger partial charge in [-0.25, -0.2) is 4.79 Å². The van der Waals surface area contributed by atoms with Crippen LogP contribution in [0.3, 0.4) is 0 Å². The molecular formula is C13H22O4. The standard InChI is InChI=1S/C13H22O4/c1-9(2)12(14)17-13(10(3)4)16-11-7-5-6-8-15-11/h10-11,13H,1,5-8H2,2-4H3. The second-order valence-corrected chi connectivity index (χ2v) is 4.73. The lowest BCUT2D eigenvalue weighted by atomic mass is 10.2. The first-order valence-electron chi connectivity index (χ1n) is 6.14. The van der Waals surface area contributed by atoms with Crippen LogP contribution in [0, 0.1) is 5.92 Å². The Morgan fingerprint density at radius 2 is 2.12 bits per heavy atom. The predicted molar refractivity (Wildman–Crippen MR) is 64.2 cm³/mol. The van der Waals surface area contributed by atoms with Gasteiger partial charge in [0, 0.05) is 18.1 Å². The van der Waals surface area contributed by atoms with Gasteiger partial charge in [0.2, 0.25) is 6.29 Å². The number of rotatable bonds is 5. The van der Waals surface area contributed by atoms with E-state index >= 15 is 0 Å². The fraction of sp³-hybridized carbons (Fsp3) is 0.769. The summed E-state index contributed by atoms with van der Waals surface area (Å²) in [6.45, 7) is 9.77. The summed E-state index contributed by atoms with van der Waals surface area (Å²) in [5.74, 6) is -0.330. The Kier molecular flexibility index (Phi) is 5.65. The van der Waals surface area contributed by atoms with Crippen molar-refractivity contribution in [3.63, 3.8) is 0 Å².